The zero-order valence-corrected chi connectivity index (χ0v) is 13.9. The second kappa shape index (κ2) is 6.69. The number of amides is 1. The monoisotopic (exact) mass is 340 g/mol. The highest BCUT2D eigenvalue weighted by atomic mass is 16.3. The number of carbonyl (C=O) groups is 1. The van der Waals surface area contributed by atoms with Crippen LogP contribution in [0.4, 0.5) is 5.69 Å². The van der Waals surface area contributed by atoms with Crippen molar-refractivity contribution in [3.63, 3.8) is 0 Å². The SMILES string of the molecule is NC(=O)c1cc2ccccc2oc1=Nc1ccc(-c2ccccc2)cc1. The largest absolute Gasteiger partial charge is 0.438 e. The van der Waals surface area contributed by atoms with E-state index in [1.54, 1.807) is 6.07 Å². The van der Waals surface area contributed by atoms with Crippen LogP contribution in [0.2, 0.25) is 0 Å². The van der Waals surface area contributed by atoms with Crippen LogP contribution in [0.5, 0.6) is 0 Å². The summed E-state index contributed by atoms with van der Waals surface area (Å²) in [6, 6.07) is 27.0. The normalized spacial score (nSPS) is 11.6. The van der Waals surface area contributed by atoms with Gasteiger partial charge < -0.3 is 10.2 Å². The first-order valence-corrected chi connectivity index (χ1v) is 8.24. The van der Waals surface area contributed by atoms with Crippen LogP contribution in [-0.2, 0) is 0 Å². The Kier molecular flexibility index (Phi) is 4.07. The van der Waals surface area contributed by atoms with E-state index < -0.39 is 5.91 Å². The fourth-order valence-corrected chi connectivity index (χ4v) is 2.80. The summed E-state index contributed by atoms with van der Waals surface area (Å²) in [7, 11) is 0. The molecule has 0 aliphatic heterocycles. The summed E-state index contributed by atoms with van der Waals surface area (Å²) in [5, 5.41) is 0.805. The quantitative estimate of drug-likeness (QED) is 0.599. The van der Waals surface area contributed by atoms with E-state index in [1.807, 2.05) is 66.7 Å². The van der Waals surface area contributed by atoms with Gasteiger partial charge in [0.2, 0.25) is 5.55 Å². The molecule has 4 rings (SSSR count). The highest BCUT2D eigenvalue weighted by Crippen LogP contribution is 2.22. The van der Waals surface area contributed by atoms with Crippen LogP contribution in [0.1, 0.15) is 10.4 Å². The third-order valence-corrected chi connectivity index (χ3v) is 4.13. The number of nitrogens with two attached hydrogens (primary N) is 1. The Hall–Kier alpha value is -3.66. The van der Waals surface area contributed by atoms with E-state index in [0.717, 1.165) is 16.5 Å². The van der Waals surface area contributed by atoms with Gasteiger partial charge >= 0.3 is 0 Å². The van der Waals surface area contributed by atoms with Gasteiger partial charge in [0.15, 0.2) is 0 Å². The molecule has 1 amide bonds. The van der Waals surface area contributed by atoms with Gasteiger partial charge in [0.05, 0.1) is 5.69 Å². The number of benzene rings is 3. The lowest BCUT2D eigenvalue weighted by molar-refractivity contribution is 0.0996. The number of para-hydroxylation sites is 1. The predicted molar refractivity (Wildman–Crippen MR) is 102 cm³/mol. The molecule has 0 fully saturated rings. The molecule has 0 aliphatic carbocycles. The molecule has 3 aromatic carbocycles. The molecule has 4 aromatic rings. The Balaban J connectivity index is 1.80. The van der Waals surface area contributed by atoms with E-state index >= 15 is 0 Å². The molecule has 2 N–H and O–H groups in total. The van der Waals surface area contributed by atoms with Crippen molar-refractivity contribution in [2.75, 3.05) is 0 Å². The van der Waals surface area contributed by atoms with Crippen LogP contribution in [0.25, 0.3) is 22.1 Å². The average molecular weight is 340 g/mol. The third kappa shape index (κ3) is 3.13. The molecule has 0 spiro atoms. The number of primary amides is 1. The summed E-state index contributed by atoms with van der Waals surface area (Å²) in [6.07, 6.45) is 0. The first kappa shape index (κ1) is 15.8. The first-order valence-electron chi connectivity index (χ1n) is 8.24. The van der Waals surface area contributed by atoms with Crippen molar-refractivity contribution in [2.45, 2.75) is 0 Å². The van der Waals surface area contributed by atoms with Crippen LogP contribution in [0.3, 0.4) is 0 Å². The molecule has 0 saturated carbocycles. The van der Waals surface area contributed by atoms with Crippen molar-refractivity contribution in [3.8, 4) is 11.1 Å². The van der Waals surface area contributed by atoms with Crippen LogP contribution < -0.4 is 11.3 Å². The summed E-state index contributed by atoms with van der Waals surface area (Å²) in [5.74, 6) is -0.570. The van der Waals surface area contributed by atoms with Gasteiger partial charge in [-0.25, -0.2) is 4.99 Å². The van der Waals surface area contributed by atoms with Gasteiger partial charge in [-0.1, -0.05) is 60.7 Å². The third-order valence-electron chi connectivity index (χ3n) is 4.13. The molecule has 1 heterocycles. The van der Waals surface area contributed by atoms with Gasteiger partial charge in [-0.2, -0.15) is 0 Å². The van der Waals surface area contributed by atoms with Crippen molar-refractivity contribution >= 4 is 22.6 Å². The molecule has 0 atom stereocenters. The molecular formula is C22H16N2O2. The molecule has 126 valence electrons. The zero-order chi connectivity index (χ0) is 17.9. The molecule has 0 unspecified atom stereocenters. The lowest BCUT2D eigenvalue weighted by Gasteiger charge is -2.03. The molecular weight excluding hydrogens is 324 g/mol. The summed E-state index contributed by atoms with van der Waals surface area (Å²) in [4.78, 5) is 16.3. The van der Waals surface area contributed by atoms with Crippen LogP contribution in [-0.4, -0.2) is 5.91 Å². The van der Waals surface area contributed by atoms with Gasteiger partial charge in [-0.05, 0) is 35.4 Å². The maximum atomic E-state index is 11.8. The van der Waals surface area contributed by atoms with Crippen molar-refractivity contribution in [1.82, 2.24) is 0 Å². The maximum Gasteiger partial charge on any atom is 0.254 e. The number of rotatable bonds is 3. The molecule has 26 heavy (non-hydrogen) atoms. The minimum absolute atomic E-state index is 0.212. The number of fused-ring (bicyclic) bond motifs is 1. The van der Waals surface area contributed by atoms with Gasteiger partial charge in [0.25, 0.3) is 5.91 Å². The van der Waals surface area contributed by atoms with Crippen molar-refractivity contribution < 1.29 is 9.21 Å². The van der Waals surface area contributed by atoms with Crippen LogP contribution in [0, 0.1) is 0 Å². The van der Waals surface area contributed by atoms with Crippen molar-refractivity contribution in [1.29, 1.82) is 0 Å². The summed E-state index contributed by atoms with van der Waals surface area (Å²) >= 11 is 0. The minimum Gasteiger partial charge on any atom is -0.438 e. The standard InChI is InChI=1S/C22H16N2O2/c23-21(25)19-14-17-8-4-5-9-20(17)26-22(19)24-18-12-10-16(11-13-18)15-6-2-1-3-7-15/h1-14H,(H2,23,25). The highest BCUT2D eigenvalue weighted by molar-refractivity contribution is 5.95. The highest BCUT2D eigenvalue weighted by Gasteiger charge is 2.09. The van der Waals surface area contributed by atoms with Crippen LogP contribution >= 0.6 is 0 Å². The maximum absolute atomic E-state index is 11.8. The fourth-order valence-electron chi connectivity index (χ4n) is 2.80. The smallest absolute Gasteiger partial charge is 0.254 e. The Morgan fingerprint density at radius 1 is 0.808 bits per heavy atom. The summed E-state index contributed by atoms with van der Waals surface area (Å²) in [5.41, 5.74) is 9.53. The Morgan fingerprint density at radius 2 is 1.46 bits per heavy atom. The van der Waals surface area contributed by atoms with Gasteiger partial charge in [0, 0.05) is 5.39 Å². The van der Waals surface area contributed by atoms with Gasteiger partial charge in [0.1, 0.15) is 11.1 Å². The van der Waals surface area contributed by atoms with Gasteiger partial charge in [-0.15, -0.1) is 0 Å². The Morgan fingerprint density at radius 3 is 2.19 bits per heavy atom. The van der Waals surface area contributed by atoms with E-state index in [-0.39, 0.29) is 11.1 Å². The van der Waals surface area contributed by atoms with E-state index in [4.69, 9.17) is 10.2 Å². The van der Waals surface area contributed by atoms with E-state index in [1.165, 1.54) is 0 Å². The Labute approximate surface area is 150 Å². The van der Waals surface area contributed by atoms with Crippen molar-refractivity contribution in [3.05, 3.63) is 96.0 Å². The Bertz CT molecular complexity index is 1140. The second-order valence-electron chi connectivity index (χ2n) is 5.89. The van der Waals surface area contributed by atoms with Gasteiger partial charge in [-0.3, -0.25) is 4.79 Å². The predicted octanol–water partition coefficient (Wildman–Crippen LogP) is 4.43. The average Bonchev–Trinajstić information content (AvgIpc) is 2.68. The summed E-state index contributed by atoms with van der Waals surface area (Å²) < 4.78 is 5.81. The molecule has 4 heteroatoms. The second-order valence-corrected chi connectivity index (χ2v) is 5.89. The number of carbonyl (C=O) groups excluding carboxylic acids is 1. The van der Waals surface area contributed by atoms with E-state index in [9.17, 15) is 4.79 Å². The number of hydrogen-bond donors (Lipinski definition) is 1. The van der Waals surface area contributed by atoms with E-state index in [2.05, 4.69) is 17.1 Å². The molecule has 0 radical (unpaired) electrons. The number of hydrogen-bond acceptors (Lipinski definition) is 3. The minimum atomic E-state index is -0.570. The molecule has 0 saturated heterocycles. The molecule has 4 nitrogen and oxygen atoms in total. The lowest BCUT2D eigenvalue weighted by atomic mass is 10.1. The fraction of sp³-hybridized carbons (Fsp3) is 0. The first-order chi connectivity index (χ1) is 12.7. The topological polar surface area (TPSA) is 68.6 Å². The zero-order valence-electron chi connectivity index (χ0n) is 13.9. The lowest BCUT2D eigenvalue weighted by Crippen LogP contribution is -2.21. The molecule has 0 aliphatic rings. The van der Waals surface area contributed by atoms with E-state index in [0.29, 0.717) is 11.3 Å². The molecule has 0 bridgehead atoms. The van der Waals surface area contributed by atoms with Crippen molar-refractivity contribution in [2.24, 2.45) is 10.7 Å². The van der Waals surface area contributed by atoms with Crippen LogP contribution in [0.15, 0.2) is 94.3 Å². The number of nitrogens with zero attached hydrogens (tertiary/aromatic N) is 1. The molecule has 1 aromatic heterocycles. The summed E-state index contributed by atoms with van der Waals surface area (Å²) in [6.45, 7) is 0.